The van der Waals surface area contributed by atoms with E-state index in [1.807, 2.05) is 51.1 Å². The number of ether oxygens (including phenoxy) is 1. The summed E-state index contributed by atoms with van der Waals surface area (Å²) < 4.78 is 8.84. The van der Waals surface area contributed by atoms with Crippen LogP contribution in [-0.2, 0) is 4.74 Å². The van der Waals surface area contributed by atoms with Gasteiger partial charge in [-0.2, -0.15) is 4.74 Å². The summed E-state index contributed by atoms with van der Waals surface area (Å²) in [6, 6.07) is 9.57. The SMILES string of the molecule is CC(C)(C)OC(=O)N=Pc1ccccc1. The summed E-state index contributed by atoms with van der Waals surface area (Å²) in [5, 5.41) is 0.975. The Labute approximate surface area is 91.4 Å². The Morgan fingerprint density at radius 1 is 1.27 bits per heavy atom. The van der Waals surface area contributed by atoms with Crippen molar-refractivity contribution < 1.29 is 9.53 Å². The van der Waals surface area contributed by atoms with Crippen molar-refractivity contribution in [1.82, 2.24) is 0 Å². The van der Waals surface area contributed by atoms with E-state index in [0.29, 0.717) is 8.37 Å². The fraction of sp³-hybridized carbons (Fsp3) is 0.364. The van der Waals surface area contributed by atoms with Gasteiger partial charge in [-0.1, -0.05) is 18.2 Å². The zero-order chi connectivity index (χ0) is 11.3. The van der Waals surface area contributed by atoms with E-state index in [2.05, 4.69) is 4.74 Å². The van der Waals surface area contributed by atoms with Gasteiger partial charge in [0.15, 0.2) is 0 Å². The predicted octanol–water partition coefficient (Wildman–Crippen LogP) is 3.38. The second kappa shape index (κ2) is 5.04. The van der Waals surface area contributed by atoms with Gasteiger partial charge in [0.1, 0.15) is 5.60 Å². The molecule has 1 aromatic rings. The maximum Gasteiger partial charge on any atom is 0.438 e. The fourth-order valence-electron chi connectivity index (χ4n) is 0.876. The number of carbonyl (C=O) groups is 1. The van der Waals surface area contributed by atoms with Crippen LogP contribution in [-0.4, -0.2) is 11.7 Å². The molecule has 80 valence electrons. The molecule has 0 aliphatic heterocycles. The van der Waals surface area contributed by atoms with Gasteiger partial charge in [0.25, 0.3) is 0 Å². The van der Waals surface area contributed by atoms with Crippen molar-refractivity contribution >= 4 is 19.8 Å². The molecule has 0 aliphatic carbocycles. The van der Waals surface area contributed by atoms with E-state index in [1.165, 1.54) is 0 Å². The van der Waals surface area contributed by atoms with Crippen molar-refractivity contribution in [2.75, 3.05) is 0 Å². The first kappa shape index (κ1) is 11.9. The van der Waals surface area contributed by atoms with E-state index in [-0.39, 0.29) is 0 Å². The Morgan fingerprint density at radius 3 is 2.40 bits per heavy atom. The second-order valence-corrected chi connectivity index (χ2v) is 4.93. The highest BCUT2D eigenvalue weighted by molar-refractivity contribution is 7.37. The number of benzene rings is 1. The van der Waals surface area contributed by atoms with Gasteiger partial charge in [-0.3, -0.25) is 0 Å². The van der Waals surface area contributed by atoms with Crippen molar-refractivity contribution in [3.8, 4) is 0 Å². The maximum absolute atomic E-state index is 11.2. The van der Waals surface area contributed by atoms with Crippen LogP contribution in [0.5, 0.6) is 0 Å². The zero-order valence-electron chi connectivity index (χ0n) is 9.10. The molecular formula is C11H14NO2P. The average molecular weight is 223 g/mol. The molecular weight excluding hydrogens is 209 g/mol. The first-order valence-electron chi connectivity index (χ1n) is 4.67. The van der Waals surface area contributed by atoms with Crippen LogP contribution < -0.4 is 5.30 Å². The van der Waals surface area contributed by atoms with Gasteiger partial charge >= 0.3 is 6.09 Å². The number of rotatable bonds is 1. The summed E-state index contributed by atoms with van der Waals surface area (Å²) in [6.45, 7) is 5.46. The quantitative estimate of drug-likeness (QED) is 0.684. The standard InChI is InChI=1S/C11H14NO2P/c1-11(2,3)14-10(13)12-15-9-7-5-4-6-8-9/h4-8H,1-3H3. The molecule has 4 heteroatoms. The molecule has 1 amide bonds. The molecule has 0 saturated heterocycles. The van der Waals surface area contributed by atoms with Crippen molar-refractivity contribution in [2.24, 2.45) is 4.74 Å². The molecule has 0 N–H and O–H groups in total. The minimum atomic E-state index is -0.520. The molecule has 15 heavy (non-hydrogen) atoms. The molecule has 0 atom stereocenters. The summed E-state index contributed by atoms with van der Waals surface area (Å²) in [6.07, 6.45) is -0.520. The lowest BCUT2D eigenvalue weighted by Gasteiger charge is -2.16. The van der Waals surface area contributed by atoms with Gasteiger partial charge in [-0.25, -0.2) is 4.79 Å². The van der Waals surface area contributed by atoms with Gasteiger partial charge < -0.3 is 4.74 Å². The van der Waals surface area contributed by atoms with E-state index in [9.17, 15) is 4.79 Å². The molecule has 0 aromatic heterocycles. The molecule has 0 unspecified atom stereocenters. The molecule has 0 heterocycles. The molecule has 0 spiro atoms. The number of carbonyl (C=O) groups excluding carboxylic acids is 1. The lowest BCUT2D eigenvalue weighted by Crippen LogP contribution is -2.21. The van der Waals surface area contributed by atoms with E-state index in [0.717, 1.165) is 5.30 Å². The van der Waals surface area contributed by atoms with Gasteiger partial charge in [0.05, 0.1) is 8.37 Å². The number of hydrogen-bond donors (Lipinski definition) is 0. The topological polar surface area (TPSA) is 38.7 Å². The van der Waals surface area contributed by atoms with Gasteiger partial charge in [0.2, 0.25) is 0 Å². The Bertz CT molecular complexity index is 355. The highest BCUT2D eigenvalue weighted by atomic mass is 31.1. The van der Waals surface area contributed by atoms with Crippen LogP contribution in [0, 0.1) is 0 Å². The van der Waals surface area contributed by atoms with Crippen LogP contribution in [0.1, 0.15) is 20.8 Å². The molecule has 3 nitrogen and oxygen atoms in total. The van der Waals surface area contributed by atoms with Gasteiger partial charge in [0, 0.05) is 5.30 Å². The first-order valence-corrected chi connectivity index (χ1v) is 5.52. The van der Waals surface area contributed by atoms with E-state index >= 15 is 0 Å². The molecule has 0 saturated carbocycles. The molecule has 0 radical (unpaired) electrons. The van der Waals surface area contributed by atoms with Gasteiger partial charge in [-0.15, -0.1) is 0 Å². The first-order chi connectivity index (χ1) is 6.97. The normalized spacial score (nSPS) is 11.7. The number of nitrogens with zero attached hydrogens (tertiary/aromatic N) is 1. The number of amides is 1. The van der Waals surface area contributed by atoms with Crippen LogP contribution >= 0.6 is 8.37 Å². The monoisotopic (exact) mass is 223 g/mol. The Hall–Kier alpha value is -1.21. The van der Waals surface area contributed by atoms with Crippen molar-refractivity contribution in [1.29, 1.82) is 0 Å². The lowest BCUT2D eigenvalue weighted by molar-refractivity contribution is 0.0608. The summed E-state index contributed by atoms with van der Waals surface area (Å²) >= 11 is 0. The van der Waals surface area contributed by atoms with Gasteiger partial charge in [-0.05, 0) is 32.9 Å². The van der Waals surface area contributed by atoms with Crippen LogP contribution in [0.3, 0.4) is 0 Å². The van der Waals surface area contributed by atoms with E-state index in [1.54, 1.807) is 0 Å². The summed E-state index contributed by atoms with van der Waals surface area (Å²) in [7, 11) is 0.620. The summed E-state index contributed by atoms with van der Waals surface area (Å²) in [5.74, 6) is 0. The molecule has 1 aromatic carbocycles. The van der Waals surface area contributed by atoms with Crippen molar-refractivity contribution in [3.05, 3.63) is 30.3 Å². The average Bonchev–Trinajstić information content (AvgIpc) is 2.14. The highest BCUT2D eigenvalue weighted by Gasteiger charge is 2.14. The van der Waals surface area contributed by atoms with Crippen LogP contribution in [0.15, 0.2) is 35.1 Å². The van der Waals surface area contributed by atoms with E-state index in [4.69, 9.17) is 4.74 Å². The maximum atomic E-state index is 11.2. The number of hydrogen-bond acceptors (Lipinski definition) is 2. The predicted molar refractivity (Wildman–Crippen MR) is 61.7 cm³/mol. The lowest BCUT2D eigenvalue weighted by atomic mass is 10.2. The Morgan fingerprint density at radius 2 is 1.87 bits per heavy atom. The van der Waals surface area contributed by atoms with Crippen molar-refractivity contribution in [3.63, 3.8) is 0 Å². The third kappa shape index (κ3) is 5.28. The Kier molecular flexibility index (Phi) is 3.98. The minimum absolute atomic E-state index is 0.479. The fourth-order valence-corrected chi connectivity index (χ4v) is 1.42. The third-order valence-corrected chi connectivity index (χ3v) is 2.19. The second-order valence-electron chi connectivity index (χ2n) is 4.02. The van der Waals surface area contributed by atoms with Crippen LogP contribution in [0.2, 0.25) is 0 Å². The molecule has 0 aliphatic rings. The zero-order valence-corrected chi connectivity index (χ0v) is 9.99. The summed E-state index contributed by atoms with van der Waals surface area (Å²) in [5.41, 5.74) is -0.479. The van der Waals surface area contributed by atoms with Crippen LogP contribution in [0.4, 0.5) is 4.79 Å². The van der Waals surface area contributed by atoms with Crippen molar-refractivity contribution in [2.45, 2.75) is 26.4 Å². The Balaban J connectivity index is 2.56. The van der Waals surface area contributed by atoms with Crippen LogP contribution in [0.25, 0.3) is 0 Å². The molecule has 0 fully saturated rings. The molecule has 0 bridgehead atoms. The third-order valence-electron chi connectivity index (χ3n) is 1.40. The largest absolute Gasteiger partial charge is 0.442 e. The smallest absolute Gasteiger partial charge is 0.438 e. The van der Waals surface area contributed by atoms with E-state index < -0.39 is 11.7 Å². The highest BCUT2D eigenvalue weighted by Crippen LogP contribution is 2.10. The minimum Gasteiger partial charge on any atom is -0.442 e. The molecule has 1 rings (SSSR count). The summed E-state index contributed by atoms with van der Waals surface area (Å²) in [4.78, 5) is 11.2.